The zero-order valence-corrected chi connectivity index (χ0v) is 12.5. The summed E-state index contributed by atoms with van der Waals surface area (Å²) in [6, 6.07) is 5.51. The Morgan fingerprint density at radius 3 is 2.55 bits per heavy atom. The zero-order valence-electron chi connectivity index (χ0n) is 12.5. The number of benzene rings is 1. The van der Waals surface area contributed by atoms with Crippen LogP contribution in [0.3, 0.4) is 0 Å². The van der Waals surface area contributed by atoms with Gasteiger partial charge in [0.05, 0.1) is 19.9 Å². The smallest absolute Gasteiger partial charge is 0.240 e. The van der Waals surface area contributed by atoms with E-state index >= 15 is 0 Å². The van der Waals surface area contributed by atoms with Crippen LogP contribution < -0.4 is 14.9 Å². The Hall–Kier alpha value is -2.04. The molecule has 1 amide bonds. The van der Waals surface area contributed by atoms with Crippen molar-refractivity contribution in [2.24, 2.45) is 5.10 Å². The molecule has 0 atom stereocenters. The van der Waals surface area contributed by atoms with Gasteiger partial charge in [-0.1, -0.05) is 13.3 Å². The average molecular weight is 278 g/mol. The molecule has 0 heterocycles. The first kappa shape index (κ1) is 16.0. The van der Waals surface area contributed by atoms with E-state index < -0.39 is 0 Å². The minimum absolute atomic E-state index is 0.0633. The van der Waals surface area contributed by atoms with Crippen molar-refractivity contribution in [2.45, 2.75) is 33.1 Å². The molecule has 0 radical (unpaired) electrons. The molecule has 5 heteroatoms. The molecule has 0 aliphatic carbocycles. The van der Waals surface area contributed by atoms with Crippen molar-refractivity contribution in [1.82, 2.24) is 5.43 Å². The molecule has 0 unspecified atom stereocenters. The molecule has 0 bridgehead atoms. The summed E-state index contributed by atoms with van der Waals surface area (Å²) in [6.07, 6.45) is 2.36. The number of unbranched alkanes of at least 4 members (excludes halogenated alkanes) is 1. The second-order valence-corrected chi connectivity index (χ2v) is 4.41. The molecule has 20 heavy (non-hydrogen) atoms. The average Bonchev–Trinajstić information content (AvgIpc) is 2.49. The number of amides is 1. The Bertz CT molecular complexity index is 484. The van der Waals surface area contributed by atoms with Gasteiger partial charge in [-0.05, 0) is 31.5 Å². The van der Waals surface area contributed by atoms with E-state index in [1.165, 1.54) is 0 Å². The fourth-order valence-corrected chi connectivity index (χ4v) is 1.67. The zero-order chi connectivity index (χ0) is 15.0. The Labute approximate surface area is 120 Å². The van der Waals surface area contributed by atoms with E-state index in [1.54, 1.807) is 14.2 Å². The third-order valence-electron chi connectivity index (χ3n) is 2.91. The van der Waals surface area contributed by atoms with Gasteiger partial charge in [0.1, 0.15) is 0 Å². The van der Waals surface area contributed by atoms with Crippen molar-refractivity contribution in [1.29, 1.82) is 0 Å². The second-order valence-electron chi connectivity index (χ2n) is 4.41. The van der Waals surface area contributed by atoms with E-state index in [2.05, 4.69) is 10.5 Å². The molecule has 0 saturated heterocycles. The first-order chi connectivity index (χ1) is 9.62. The largest absolute Gasteiger partial charge is 0.493 e. The van der Waals surface area contributed by atoms with E-state index in [0.29, 0.717) is 17.9 Å². The molecule has 0 aliphatic rings. The number of nitrogens with one attached hydrogen (secondary N) is 1. The first-order valence-electron chi connectivity index (χ1n) is 6.67. The lowest BCUT2D eigenvalue weighted by atomic mass is 10.1. The van der Waals surface area contributed by atoms with Crippen molar-refractivity contribution in [3.8, 4) is 11.5 Å². The molecule has 1 rings (SSSR count). The van der Waals surface area contributed by atoms with E-state index in [-0.39, 0.29) is 5.91 Å². The van der Waals surface area contributed by atoms with Gasteiger partial charge in [0, 0.05) is 12.0 Å². The monoisotopic (exact) mass is 278 g/mol. The minimum atomic E-state index is -0.0633. The molecule has 5 nitrogen and oxygen atoms in total. The van der Waals surface area contributed by atoms with Crippen molar-refractivity contribution in [2.75, 3.05) is 14.2 Å². The minimum Gasteiger partial charge on any atom is -0.493 e. The standard InChI is InChI=1S/C15H22N2O3/c1-5-6-7-15(18)17-16-11(2)12-8-9-13(19-3)14(10-12)20-4/h8-10H,5-7H2,1-4H3,(H,17,18). The molecule has 0 saturated carbocycles. The molecule has 0 aliphatic heterocycles. The highest BCUT2D eigenvalue weighted by atomic mass is 16.5. The van der Waals surface area contributed by atoms with Crippen molar-refractivity contribution in [3.63, 3.8) is 0 Å². The predicted octanol–water partition coefficient (Wildman–Crippen LogP) is 2.73. The van der Waals surface area contributed by atoms with Gasteiger partial charge >= 0.3 is 0 Å². The van der Waals surface area contributed by atoms with Gasteiger partial charge in [-0.25, -0.2) is 5.43 Å². The highest BCUT2D eigenvalue weighted by Crippen LogP contribution is 2.27. The van der Waals surface area contributed by atoms with Crippen LogP contribution in [0.25, 0.3) is 0 Å². The Morgan fingerprint density at radius 1 is 1.25 bits per heavy atom. The van der Waals surface area contributed by atoms with E-state index in [0.717, 1.165) is 24.1 Å². The summed E-state index contributed by atoms with van der Waals surface area (Å²) >= 11 is 0. The van der Waals surface area contributed by atoms with Gasteiger partial charge in [-0.2, -0.15) is 5.10 Å². The van der Waals surface area contributed by atoms with Crippen LogP contribution in [0.4, 0.5) is 0 Å². The number of methoxy groups -OCH3 is 2. The lowest BCUT2D eigenvalue weighted by molar-refractivity contribution is -0.121. The summed E-state index contributed by atoms with van der Waals surface area (Å²) in [5, 5.41) is 4.10. The summed E-state index contributed by atoms with van der Waals surface area (Å²) in [4.78, 5) is 11.5. The van der Waals surface area contributed by atoms with Crippen LogP contribution in [-0.4, -0.2) is 25.8 Å². The van der Waals surface area contributed by atoms with Gasteiger partial charge in [-0.15, -0.1) is 0 Å². The second kappa shape index (κ2) is 8.19. The summed E-state index contributed by atoms with van der Waals surface area (Å²) in [5.74, 6) is 1.24. The number of nitrogens with zero attached hydrogens (tertiary/aromatic N) is 1. The maximum absolute atomic E-state index is 11.5. The highest BCUT2D eigenvalue weighted by Gasteiger charge is 2.07. The van der Waals surface area contributed by atoms with Crippen LogP contribution in [0.5, 0.6) is 11.5 Å². The molecular weight excluding hydrogens is 256 g/mol. The van der Waals surface area contributed by atoms with Crippen molar-refractivity contribution >= 4 is 11.6 Å². The number of ether oxygens (including phenoxy) is 2. The molecular formula is C15H22N2O3. The molecule has 1 N–H and O–H groups in total. The van der Waals surface area contributed by atoms with Crippen LogP contribution in [0.1, 0.15) is 38.7 Å². The third-order valence-corrected chi connectivity index (χ3v) is 2.91. The number of carbonyl (C=O) groups is 1. The van der Waals surface area contributed by atoms with E-state index in [9.17, 15) is 4.79 Å². The molecule has 1 aromatic rings. The van der Waals surface area contributed by atoms with Crippen molar-refractivity contribution in [3.05, 3.63) is 23.8 Å². The van der Waals surface area contributed by atoms with Gasteiger partial charge in [0.15, 0.2) is 11.5 Å². The molecule has 1 aromatic carbocycles. The van der Waals surface area contributed by atoms with E-state index in [4.69, 9.17) is 9.47 Å². The normalized spacial score (nSPS) is 11.1. The maximum atomic E-state index is 11.5. The number of hydrazone groups is 1. The van der Waals surface area contributed by atoms with Gasteiger partial charge in [0.2, 0.25) is 5.91 Å². The molecule has 110 valence electrons. The quantitative estimate of drug-likeness (QED) is 0.616. The van der Waals surface area contributed by atoms with Gasteiger partial charge in [-0.3, -0.25) is 4.79 Å². The molecule has 0 fully saturated rings. The predicted molar refractivity (Wildman–Crippen MR) is 79.4 cm³/mol. The van der Waals surface area contributed by atoms with Crippen molar-refractivity contribution < 1.29 is 14.3 Å². The Kier molecular flexibility index (Phi) is 6.56. The topological polar surface area (TPSA) is 59.9 Å². The van der Waals surface area contributed by atoms with Crippen LogP contribution in [-0.2, 0) is 4.79 Å². The van der Waals surface area contributed by atoms with Crippen LogP contribution in [0.2, 0.25) is 0 Å². The fraction of sp³-hybridized carbons (Fsp3) is 0.467. The lowest BCUT2D eigenvalue weighted by Crippen LogP contribution is -2.18. The molecule has 0 aromatic heterocycles. The SMILES string of the molecule is CCCCC(=O)NN=C(C)c1ccc(OC)c(OC)c1. The number of hydrogen-bond donors (Lipinski definition) is 1. The summed E-state index contributed by atoms with van der Waals surface area (Å²) in [6.45, 7) is 3.88. The lowest BCUT2D eigenvalue weighted by Gasteiger charge is -2.09. The van der Waals surface area contributed by atoms with Gasteiger partial charge in [0.25, 0.3) is 0 Å². The Balaban J connectivity index is 2.76. The maximum Gasteiger partial charge on any atom is 0.240 e. The van der Waals surface area contributed by atoms with Crippen LogP contribution in [0.15, 0.2) is 23.3 Å². The highest BCUT2D eigenvalue weighted by molar-refractivity contribution is 5.99. The van der Waals surface area contributed by atoms with E-state index in [1.807, 2.05) is 32.0 Å². The number of carbonyl (C=O) groups excluding carboxylic acids is 1. The summed E-state index contributed by atoms with van der Waals surface area (Å²) in [7, 11) is 3.17. The molecule has 0 spiro atoms. The Morgan fingerprint density at radius 2 is 1.95 bits per heavy atom. The number of rotatable bonds is 7. The first-order valence-corrected chi connectivity index (χ1v) is 6.67. The fourth-order valence-electron chi connectivity index (χ4n) is 1.67. The number of hydrogen-bond acceptors (Lipinski definition) is 4. The van der Waals surface area contributed by atoms with Crippen LogP contribution >= 0.6 is 0 Å². The van der Waals surface area contributed by atoms with Gasteiger partial charge < -0.3 is 9.47 Å². The summed E-state index contributed by atoms with van der Waals surface area (Å²) in [5.41, 5.74) is 4.15. The third kappa shape index (κ3) is 4.57. The summed E-state index contributed by atoms with van der Waals surface area (Å²) < 4.78 is 10.4. The van der Waals surface area contributed by atoms with Crippen LogP contribution in [0, 0.1) is 0 Å².